The van der Waals surface area contributed by atoms with Crippen LogP contribution in [0.3, 0.4) is 0 Å². The Labute approximate surface area is 355 Å². The van der Waals surface area contributed by atoms with Gasteiger partial charge in [0, 0.05) is 58.4 Å². The number of ether oxygens (including phenoxy) is 1. The first-order chi connectivity index (χ1) is 29.6. The van der Waals surface area contributed by atoms with Crippen LogP contribution in [-0.4, -0.2) is 90.3 Å². The number of aliphatic hydroxyl groups excluding tert-OH is 2. The molecule has 0 aromatic heterocycles. The van der Waals surface area contributed by atoms with Gasteiger partial charge in [-0.25, -0.2) is 0 Å². The Morgan fingerprint density at radius 1 is 0.371 bits per heavy atom. The molecule has 6 aromatic carbocycles. The minimum absolute atomic E-state index is 0.00255. The molecule has 326 valence electrons. The first-order valence-electron chi connectivity index (χ1n) is 19.7. The van der Waals surface area contributed by atoms with E-state index in [1.807, 2.05) is 0 Å². The van der Waals surface area contributed by atoms with E-state index in [0.29, 0.717) is 29.5 Å². The zero-order valence-electron chi connectivity index (χ0n) is 33.2. The van der Waals surface area contributed by atoms with E-state index in [4.69, 9.17) is 35.4 Å². The van der Waals surface area contributed by atoms with Crippen LogP contribution >= 0.6 is 0 Å². The fourth-order valence-corrected chi connectivity index (χ4v) is 8.19. The van der Waals surface area contributed by atoms with E-state index in [-0.39, 0.29) is 105 Å². The molecular weight excluding hydrogens is 805 g/mol. The average Bonchev–Trinajstić information content (AvgIpc) is 3.23. The molecule has 0 saturated carbocycles. The molecule has 2 aliphatic carbocycles. The minimum Gasteiger partial charge on any atom is -0.508 e. The maximum atomic E-state index is 11.3. The fourth-order valence-electron chi connectivity index (χ4n) is 8.19. The molecule has 1 heterocycles. The minimum atomic E-state index is -1.17. The second-order valence-electron chi connectivity index (χ2n) is 15.0. The Morgan fingerprint density at radius 3 is 1.21 bits per heavy atom. The summed E-state index contributed by atoms with van der Waals surface area (Å²) < 4.78 is 5.56. The molecule has 0 amide bonds. The molecule has 9 rings (SSSR count). The molecular formula is C47H48O15. The number of rotatable bonds is 2. The number of aliphatic hydroxyl groups is 2. The number of phenolic OH excluding ortho intramolecular Hbond substituents is 12. The molecule has 62 heavy (non-hydrogen) atoms. The zero-order chi connectivity index (χ0) is 44.8. The SMILES string of the molecule is Oc1cc(O)c2c(c1)OCC(O)[C@@H]2c1c(O)cc(O)c2c1CCC(O)C2c1c(O)cc(O)c2c1CCCC2.Oc1ccccc1O.Oc1ccccc1O.Oc1ccccc1O. The van der Waals surface area contributed by atoms with E-state index in [2.05, 4.69) is 0 Å². The molecule has 3 unspecified atom stereocenters. The van der Waals surface area contributed by atoms with Gasteiger partial charge in [0.25, 0.3) is 0 Å². The van der Waals surface area contributed by atoms with Gasteiger partial charge < -0.3 is 76.2 Å². The first kappa shape index (κ1) is 44.2. The molecule has 0 radical (unpaired) electrons. The first-order valence-corrected chi connectivity index (χ1v) is 19.7. The summed E-state index contributed by atoms with van der Waals surface area (Å²) in [7, 11) is 0. The topological polar surface area (TPSA) is 292 Å². The normalized spacial score (nSPS) is 18.3. The zero-order valence-corrected chi connectivity index (χ0v) is 33.2. The second kappa shape index (κ2) is 18.9. The number of fused-ring (bicyclic) bond motifs is 3. The number of phenols is 12. The molecule has 15 nitrogen and oxygen atoms in total. The van der Waals surface area contributed by atoms with Crippen LogP contribution < -0.4 is 4.74 Å². The maximum absolute atomic E-state index is 11.3. The van der Waals surface area contributed by atoms with Crippen LogP contribution in [0.2, 0.25) is 0 Å². The van der Waals surface area contributed by atoms with Crippen molar-refractivity contribution >= 4 is 0 Å². The molecule has 15 heteroatoms. The highest BCUT2D eigenvalue weighted by Crippen LogP contribution is 2.55. The predicted molar refractivity (Wildman–Crippen MR) is 225 cm³/mol. The van der Waals surface area contributed by atoms with Gasteiger partial charge in [0.2, 0.25) is 0 Å². The smallest absolute Gasteiger partial charge is 0.157 e. The van der Waals surface area contributed by atoms with Crippen molar-refractivity contribution in [3.8, 4) is 74.7 Å². The van der Waals surface area contributed by atoms with Gasteiger partial charge in [-0.15, -0.1) is 0 Å². The summed E-state index contributed by atoms with van der Waals surface area (Å²) >= 11 is 0. The number of hydrogen-bond acceptors (Lipinski definition) is 15. The number of aromatic hydroxyl groups is 12. The largest absolute Gasteiger partial charge is 0.508 e. The highest BCUT2D eigenvalue weighted by atomic mass is 16.5. The van der Waals surface area contributed by atoms with E-state index in [1.54, 1.807) is 36.4 Å². The Bertz CT molecular complexity index is 2370. The Balaban J connectivity index is 0.000000214. The quantitative estimate of drug-likeness (QED) is 0.0837. The van der Waals surface area contributed by atoms with Crippen molar-refractivity contribution in [3.63, 3.8) is 0 Å². The van der Waals surface area contributed by atoms with Crippen LogP contribution in [0.4, 0.5) is 0 Å². The lowest BCUT2D eigenvalue weighted by Crippen LogP contribution is -2.34. The van der Waals surface area contributed by atoms with Crippen molar-refractivity contribution in [3.05, 3.63) is 136 Å². The van der Waals surface area contributed by atoms with E-state index in [0.717, 1.165) is 36.1 Å². The number of benzene rings is 6. The van der Waals surface area contributed by atoms with Crippen molar-refractivity contribution in [1.82, 2.24) is 0 Å². The van der Waals surface area contributed by atoms with Crippen molar-refractivity contribution in [2.75, 3.05) is 6.61 Å². The lowest BCUT2D eigenvalue weighted by molar-refractivity contribution is 0.0741. The van der Waals surface area contributed by atoms with Crippen molar-refractivity contribution in [2.24, 2.45) is 0 Å². The predicted octanol–water partition coefficient (Wildman–Crippen LogP) is 6.42. The monoisotopic (exact) mass is 852 g/mol. The molecule has 0 fully saturated rings. The molecule has 0 bridgehead atoms. The highest BCUT2D eigenvalue weighted by molar-refractivity contribution is 5.66. The van der Waals surface area contributed by atoms with Gasteiger partial charge in [-0.3, -0.25) is 0 Å². The maximum Gasteiger partial charge on any atom is 0.157 e. The van der Waals surface area contributed by atoms with E-state index in [9.17, 15) is 40.9 Å². The van der Waals surface area contributed by atoms with Gasteiger partial charge in [-0.1, -0.05) is 36.4 Å². The van der Waals surface area contributed by atoms with Gasteiger partial charge in [-0.05, 0) is 91.6 Å². The van der Waals surface area contributed by atoms with Crippen molar-refractivity contribution in [1.29, 1.82) is 0 Å². The van der Waals surface area contributed by atoms with E-state index < -0.39 is 24.0 Å². The molecule has 3 aliphatic rings. The number of hydrogen-bond donors (Lipinski definition) is 14. The van der Waals surface area contributed by atoms with Gasteiger partial charge in [0.15, 0.2) is 34.5 Å². The summed E-state index contributed by atoms with van der Waals surface area (Å²) in [5.41, 5.74) is 3.21. The average molecular weight is 853 g/mol. The third kappa shape index (κ3) is 9.33. The van der Waals surface area contributed by atoms with Crippen LogP contribution in [-0.2, 0) is 19.3 Å². The fraction of sp³-hybridized carbons (Fsp3) is 0.234. The van der Waals surface area contributed by atoms with E-state index in [1.165, 1.54) is 48.5 Å². The molecule has 0 saturated heterocycles. The lowest BCUT2D eigenvalue weighted by Gasteiger charge is -2.38. The Kier molecular flexibility index (Phi) is 13.5. The van der Waals surface area contributed by atoms with Gasteiger partial charge >= 0.3 is 0 Å². The van der Waals surface area contributed by atoms with Crippen LogP contribution in [0, 0.1) is 0 Å². The van der Waals surface area contributed by atoms with Gasteiger partial charge in [0.1, 0.15) is 46.9 Å². The molecule has 4 atom stereocenters. The summed E-state index contributed by atoms with van der Waals surface area (Å²) in [6.45, 7) is -0.159. The lowest BCUT2D eigenvalue weighted by atomic mass is 9.69. The molecule has 6 aromatic rings. The van der Waals surface area contributed by atoms with E-state index >= 15 is 0 Å². The highest BCUT2D eigenvalue weighted by Gasteiger charge is 2.43. The van der Waals surface area contributed by atoms with Crippen LogP contribution in [0.5, 0.6) is 74.7 Å². The molecule has 14 N–H and O–H groups in total. The number of para-hydroxylation sites is 6. The molecule has 1 aliphatic heterocycles. The third-order valence-corrected chi connectivity index (χ3v) is 11.0. The Hall–Kier alpha value is -7.36. The summed E-state index contributed by atoms with van der Waals surface area (Å²) in [6, 6.07) is 23.3. The van der Waals surface area contributed by atoms with Crippen molar-refractivity contribution in [2.45, 2.75) is 62.6 Å². The summed E-state index contributed by atoms with van der Waals surface area (Å²) in [6.07, 6.45) is 1.33. The standard InChI is InChI=1S/C29H30O9.3C6H6O2/c30-12-7-18(33)27-23(8-12)38-11-22(37)29(27)26-15-5-6-16(31)28(25(15)20(35)10-21(26)36)24-14-4-2-1-3-13(14)17(32)9-19(24)34;3*7-5-3-1-2-4-6(5)8/h7-10,16,22,28-37H,1-6,11H2;3*1-4,7-8H/t16?,22?,28?,29-;;;/m1.../s1. The van der Waals surface area contributed by atoms with Crippen molar-refractivity contribution < 1.29 is 76.2 Å². The summed E-state index contributed by atoms with van der Waals surface area (Å²) in [5.74, 6) is -3.37. The van der Waals surface area contributed by atoms with Crippen LogP contribution in [0.1, 0.15) is 70.0 Å². The van der Waals surface area contributed by atoms with Gasteiger partial charge in [0.05, 0.1) is 12.2 Å². The summed E-state index contributed by atoms with van der Waals surface area (Å²) in [4.78, 5) is 0. The third-order valence-electron chi connectivity index (χ3n) is 11.0. The second-order valence-corrected chi connectivity index (χ2v) is 15.0. The van der Waals surface area contributed by atoms with Crippen LogP contribution in [0.25, 0.3) is 0 Å². The Morgan fingerprint density at radius 2 is 0.758 bits per heavy atom. The van der Waals surface area contributed by atoms with Gasteiger partial charge in [-0.2, -0.15) is 0 Å². The van der Waals surface area contributed by atoms with Crippen LogP contribution in [0.15, 0.2) is 97.1 Å². The summed E-state index contributed by atoms with van der Waals surface area (Å²) in [5, 5.41) is 139. The molecule has 0 spiro atoms.